The molecule has 2 amide bonds. The highest BCUT2D eigenvalue weighted by atomic mass is 16.6. The van der Waals surface area contributed by atoms with Gasteiger partial charge in [-0.3, -0.25) is 19.7 Å². The number of piperazine rings is 1. The minimum atomic E-state index is -0.668. The number of non-ortho nitro benzene ring substituents is 1. The first-order valence-corrected chi connectivity index (χ1v) is 11.6. The van der Waals surface area contributed by atoms with E-state index in [4.69, 9.17) is 4.74 Å². The van der Waals surface area contributed by atoms with Gasteiger partial charge in [0, 0.05) is 48.3 Å². The molecule has 2 fully saturated rings. The molecule has 6 rings (SSSR count). The molecule has 0 radical (unpaired) electrons. The number of benzene rings is 2. The fourth-order valence-corrected chi connectivity index (χ4v) is 5.67. The number of ether oxygens (including phenoxy) is 1. The Kier molecular flexibility index (Phi) is 4.88. The lowest BCUT2D eigenvalue weighted by atomic mass is 9.86. The van der Waals surface area contributed by atoms with Gasteiger partial charge < -0.3 is 19.5 Å². The summed E-state index contributed by atoms with van der Waals surface area (Å²) in [6, 6.07) is 12.9. The van der Waals surface area contributed by atoms with Crippen LogP contribution in [-0.2, 0) is 20.7 Å². The van der Waals surface area contributed by atoms with Crippen molar-refractivity contribution in [2.45, 2.75) is 37.5 Å². The Morgan fingerprint density at radius 2 is 2.00 bits per heavy atom. The van der Waals surface area contributed by atoms with Gasteiger partial charge in [-0.25, -0.2) is 0 Å². The number of para-hydroxylation sites is 1. The second kappa shape index (κ2) is 7.95. The summed E-state index contributed by atoms with van der Waals surface area (Å²) in [4.78, 5) is 44.9. The van der Waals surface area contributed by atoms with Crippen LogP contribution in [0.15, 0.2) is 48.5 Å². The maximum Gasteiger partial charge on any atom is 0.269 e. The van der Waals surface area contributed by atoms with Crippen LogP contribution in [0.25, 0.3) is 10.9 Å². The van der Waals surface area contributed by atoms with Crippen LogP contribution < -0.4 is 0 Å². The Labute approximate surface area is 195 Å². The first-order chi connectivity index (χ1) is 16.5. The van der Waals surface area contributed by atoms with Gasteiger partial charge in [0.1, 0.15) is 6.04 Å². The Morgan fingerprint density at radius 3 is 2.79 bits per heavy atom. The Morgan fingerprint density at radius 1 is 1.15 bits per heavy atom. The molecule has 1 N–H and O–H groups in total. The van der Waals surface area contributed by atoms with E-state index < -0.39 is 17.0 Å². The number of amides is 2. The van der Waals surface area contributed by atoms with Crippen LogP contribution in [0.4, 0.5) is 5.69 Å². The molecule has 0 spiro atoms. The average molecular weight is 460 g/mol. The van der Waals surface area contributed by atoms with E-state index in [-0.39, 0.29) is 30.2 Å². The number of aromatic nitrogens is 1. The first kappa shape index (κ1) is 20.9. The van der Waals surface area contributed by atoms with Gasteiger partial charge in [-0.15, -0.1) is 0 Å². The molecule has 2 aromatic carbocycles. The molecule has 0 saturated carbocycles. The van der Waals surface area contributed by atoms with E-state index >= 15 is 0 Å². The van der Waals surface area contributed by atoms with Crippen LogP contribution in [0.5, 0.6) is 0 Å². The molecule has 174 valence electrons. The second-order valence-corrected chi connectivity index (χ2v) is 9.19. The quantitative estimate of drug-likeness (QED) is 0.476. The third-order valence-corrected chi connectivity index (χ3v) is 7.19. The van der Waals surface area contributed by atoms with Crippen LogP contribution >= 0.6 is 0 Å². The maximum atomic E-state index is 13.7. The van der Waals surface area contributed by atoms with Crippen molar-refractivity contribution < 1.29 is 19.2 Å². The average Bonchev–Trinajstić information content (AvgIpc) is 3.48. The fraction of sp³-hybridized carbons (Fsp3) is 0.360. The zero-order valence-corrected chi connectivity index (χ0v) is 18.5. The summed E-state index contributed by atoms with van der Waals surface area (Å²) >= 11 is 0. The number of rotatable bonds is 4. The number of nitro groups is 1. The van der Waals surface area contributed by atoms with Gasteiger partial charge in [0.2, 0.25) is 11.8 Å². The van der Waals surface area contributed by atoms with Crippen molar-refractivity contribution in [1.29, 1.82) is 0 Å². The van der Waals surface area contributed by atoms with Gasteiger partial charge in [-0.2, -0.15) is 0 Å². The molecule has 34 heavy (non-hydrogen) atoms. The van der Waals surface area contributed by atoms with Gasteiger partial charge in [-0.1, -0.05) is 30.3 Å². The van der Waals surface area contributed by atoms with Crippen molar-refractivity contribution in [3.8, 4) is 0 Å². The van der Waals surface area contributed by atoms with E-state index in [2.05, 4.69) is 4.98 Å². The van der Waals surface area contributed by atoms with E-state index in [9.17, 15) is 19.7 Å². The fourth-order valence-electron chi connectivity index (χ4n) is 5.67. The molecule has 0 unspecified atom stereocenters. The Balaban J connectivity index is 1.47. The molecule has 4 heterocycles. The van der Waals surface area contributed by atoms with Crippen LogP contribution in [0, 0.1) is 10.1 Å². The third kappa shape index (κ3) is 3.27. The summed E-state index contributed by atoms with van der Waals surface area (Å²) in [5.74, 6) is -0.259. The van der Waals surface area contributed by atoms with E-state index in [1.54, 1.807) is 21.9 Å². The van der Waals surface area contributed by atoms with E-state index in [0.717, 1.165) is 35.0 Å². The van der Waals surface area contributed by atoms with Crippen LogP contribution in [0.2, 0.25) is 0 Å². The molecular weight excluding hydrogens is 436 g/mol. The number of aromatic amines is 1. The van der Waals surface area contributed by atoms with E-state index in [0.29, 0.717) is 25.1 Å². The number of fused-ring (bicyclic) bond motifs is 4. The second-order valence-electron chi connectivity index (χ2n) is 9.19. The van der Waals surface area contributed by atoms with Crippen molar-refractivity contribution in [3.63, 3.8) is 0 Å². The Hall–Kier alpha value is -3.72. The standard InChI is InChI=1S/C25H24N4O5/c30-22-14-27(13-17-7-4-10-34-17)25(31)21-12-19-18-8-1-2-9-20(18)26-23(19)24(28(21)22)15-5-3-6-16(11-15)29(32)33/h1-3,5-6,8-9,11,17,21,24,26H,4,7,10,12-14H2/t17-,21+,24+/m0/s1. The van der Waals surface area contributed by atoms with Crippen LogP contribution in [0.1, 0.15) is 35.7 Å². The molecule has 3 aliphatic rings. The van der Waals surface area contributed by atoms with Crippen LogP contribution in [0.3, 0.4) is 0 Å². The van der Waals surface area contributed by atoms with Crippen molar-refractivity contribution >= 4 is 28.4 Å². The number of carbonyl (C=O) groups excluding carboxylic acids is 2. The number of carbonyl (C=O) groups is 2. The number of nitrogens with zero attached hydrogens (tertiary/aromatic N) is 3. The summed E-state index contributed by atoms with van der Waals surface area (Å²) in [5.41, 5.74) is 3.27. The summed E-state index contributed by atoms with van der Waals surface area (Å²) in [5, 5.41) is 12.5. The van der Waals surface area contributed by atoms with Crippen LogP contribution in [-0.4, -0.2) is 63.4 Å². The van der Waals surface area contributed by atoms with Crippen molar-refractivity contribution in [2.24, 2.45) is 0 Å². The molecule has 9 nitrogen and oxygen atoms in total. The predicted molar refractivity (Wildman–Crippen MR) is 123 cm³/mol. The molecule has 0 bridgehead atoms. The normalized spacial score (nSPS) is 24.4. The molecule has 3 atom stereocenters. The van der Waals surface area contributed by atoms with Crippen molar-refractivity contribution in [2.75, 3.05) is 19.7 Å². The number of hydrogen-bond acceptors (Lipinski definition) is 5. The summed E-state index contributed by atoms with van der Waals surface area (Å²) < 4.78 is 5.72. The molecule has 3 aromatic rings. The zero-order valence-electron chi connectivity index (χ0n) is 18.5. The summed E-state index contributed by atoms with van der Waals surface area (Å²) in [6.07, 6.45) is 2.21. The van der Waals surface area contributed by atoms with Gasteiger partial charge in [-0.05, 0) is 30.0 Å². The highest BCUT2D eigenvalue weighted by molar-refractivity contribution is 5.97. The maximum absolute atomic E-state index is 13.7. The monoisotopic (exact) mass is 460 g/mol. The van der Waals surface area contributed by atoms with E-state index in [1.807, 2.05) is 24.3 Å². The summed E-state index contributed by atoms with van der Waals surface area (Å²) in [6.45, 7) is 1.08. The third-order valence-electron chi connectivity index (χ3n) is 7.19. The Bertz CT molecular complexity index is 1310. The molecule has 1 aromatic heterocycles. The predicted octanol–water partition coefficient (Wildman–Crippen LogP) is 2.94. The highest BCUT2D eigenvalue weighted by Gasteiger charge is 2.48. The lowest BCUT2D eigenvalue weighted by Crippen LogP contribution is -2.63. The number of hydrogen-bond donors (Lipinski definition) is 1. The smallest absolute Gasteiger partial charge is 0.269 e. The molecule has 2 saturated heterocycles. The van der Waals surface area contributed by atoms with Gasteiger partial charge >= 0.3 is 0 Å². The number of nitrogens with one attached hydrogen (secondary N) is 1. The van der Waals surface area contributed by atoms with Gasteiger partial charge in [0.15, 0.2) is 0 Å². The lowest BCUT2D eigenvalue weighted by molar-refractivity contribution is -0.384. The number of nitro benzene ring substituents is 1. The summed E-state index contributed by atoms with van der Waals surface area (Å²) in [7, 11) is 0. The minimum absolute atomic E-state index is 0.0177. The molecular formula is C25H24N4O5. The van der Waals surface area contributed by atoms with Gasteiger partial charge in [0.25, 0.3) is 5.69 Å². The topological polar surface area (TPSA) is 109 Å². The van der Waals surface area contributed by atoms with E-state index in [1.165, 1.54) is 12.1 Å². The van der Waals surface area contributed by atoms with Crippen molar-refractivity contribution in [1.82, 2.24) is 14.8 Å². The van der Waals surface area contributed by atoms with Crippen molar-refractivity contribution in [3.05, 3.63) is 75.5 Å². The van der Waals surface area contributed by atoms with Gasteiger partial charge in [0.05, 0.1) is 23.6 Å². The largest absolute Gasteiger partial charge is 0.376 e. The molecule has 3 aliphatic heterocycles. The first-order valence-electron chi connectivity index (χ1n) is 11.6. The zero-order chi connectivity index (χ0) is 23.4. The minimum Gasteiger partial charge on any atom is -0.376 e. The number of H-pyrrole nitrogens is 1. The SMILES string of the molecule is O=C1[C@H]2Cc3c([nH]c4ccccc34)[C@@H](c3cccc([N+](=O)[O-])c3)N2C(=O)CN1C[C@@H]1CCCO1. The molecule has 9 heteroatoms. The lowest BCUT2D eigenvalue weighted by Gasteiger charge is -2.47. The molecule has 0 aliphatic carbocycles. The highest BCUT2D eigenvalue weighted by Crippen LogP contribution is 2.43.